The Kier molecular flexibility index (Phi) is 18.6. The zero-order chi connectivity index (χ0) is 28.9. The quantitative estimate of drug-likeness (QED) is 0.148. The molecule has 2 aromatic rings. The third kappa shape index (κ3) is 17.8. The van der Waals surface area contributed by atoms with Crippen LogP contribution in [0, 0.1) is 22.9 Å². The van der Waals surface area contributed by atoms with E-state index in [1.54, 1.807) is 49.8 Å². The second kappa shape index (κ2) is 20.5. The molecule has 0 aliphatic carbocycles. The van der Waals surface area contributed by atoms with Gasteiger partial charge in [-0.2, -0.15) is 15.5 Å². The fourth-order valence-corrected chi connectivity index (χ4v) is 2.52. The summed E-state index contributed by atoms with van der Waals surface area (Å²) in [6.07, 6.45) is 1.39. The second-order valence-electron chi connectivity index (χ2n) is 6.97. The maximum atomic E-state index is 12.4. The van der Waals surface area contributed by atoms with E-state index in [4.69, 9.17) is 33.7 Å². The van der Waals surface area contributed by atoms with Crippen LogP contribution in [0.3, 0.4) is 0 Å². The Labute approximate surface area is 228 Å². The molecule has 38 heavy (non-hydrogen) atoms. The van der Waals surface area contributed by atoms with E-state index in [1.165, 1.54) is 25.1 Å². The van der Waals surface area contributed by atoms with Crippen molar-refractivity contribution in [3.63, 3.8) is 0 Å². The minimum atomic E-state index is -2.51. The molecule has 15 heteroatoms. The number of halogens is 6. The molecule has 2 aromatic heterocycles. The first-order valence-corrected chi connectivity index (χ1v) is 11.4. The van der Waals surface area contributed by atoms with Gasteiger partial charge in [-0.25, -0.2) is 27.5 Å². The van der Waals surface area contributed by atoms with Crippen LogP contribution in [-0.4, -0.2) is 59.7 Å². The minimum Gasteiger partial charge on any atom is -0.484 e. The molecule has 9 nitrogen and oxygen atoms in total. The minimum absolute atomic E-state index is 0.200. The Morgan fingerprint density at radius 2 is 1.53 bits per heavy atom. The summed E-state index contributed by atoms with van der Waals surface area (Å²) in [6.45, 7) is 2.92. The van der Waals surface area contributed by atoms with Gasteiger partial charge >= 0.3 is 0 Å². The van der Waals surface area contributed by atoms with Crippen molar-refractivity contribution >= 4 is 34.9 Å². The number of methoxy groups -OCH3 is 1. The fourth-order valence-electron chi connectivity index (χ4n) is 2.29. The molecule has 206 valence electrons. The van der Waals surface area contributed by atoms with Crippen LogP contribution in [0.2, 0.25) is 10.3 Å². The number of aromatic nitrogens is 2. The first-order valence-electron chi connectivity index (χ1n) is 10.7. The first kappa shape index (κ1) is 34.5. The molecule has 0 aromatic carbocycles. The molecule has 0 bridgehead atoms. The average molecular weight is 577 g/mol. The van der Waals surface area contributed by atoms with E-state index in [0.717, 1.165) is 5.56 Å². The fraction of sp³-hybridized carbons (Fsp3) is 0.391. The van der Waals surface area contributed by atoms with Gasteiger partial charge in [-0.1, -0.05) is 35.3 Å². The van der Waals surface area contributed by atoms with Crippen molar-refractivity contribution in [2.24, 2.45) is 9.98 Å². The van der Waals surface area contributed by atoms with Gasteiger partial charge in [0.15, 0.2) is 5.90 Å². The summed E-state index contributed by atoms with van der Waals surface area (Å²) in [7, 11) is 1.47. The highest BCUT2D eigenvalue weighted by Crippen LogP contribution is 2.10. The molecule has 1 N–H and O–H groups in total. The Balaban J connectivity index is 0.000000597. The molecule has 0 amide bonds. The molecule has 0 aliphatic heterocycles. The molecule has 2 rings (SSSR count). The number of aliphatic imine (C=N–C) groups is 2. The van der Waals surface area contributed by atoms with E-state index in [-0.39, 0.29) is 18.9 Å². The van der Waals surface area contributed by atoms with Gasteiger partial charge in [-0.15, -0.1) is 4.99 Å². The predicted molar refractivity (Wildman–Crippen MR) is 137 cm³/mol. The van der Waals surface area contributed by atoms with E-state index in [9.17, 15) is 17.6 Å². The van der Waals surface area contributed by atoms with Crippen LogP contribution in [0.25, 0.3) is 0 Å². The lowest BCUT2D eigenvalue weighted by Crippen LogP contribution is -2.32. The highest BCUT2D eigenvalue weighted by Gasteiger charge is 2.14. The first-order chi connectivity index (χ1) is 18.0. The standard InChI is InChI=1S/C11H11ClF2N4.C8H9ClF2N2.C4H6N2O/c1-8(17-7-15)18(6-11(13)14)5-9-2-3-10(12)16-4-9;9-7-2-1-6(4-13-7)3-12-5-8(10)11;1-4(7-2)6-3-5/h2-4,11H,5-6H2,1H3;1-2,4,8,12H,3,5H2;1-2H3. The molecular weight excluding hydrogens is 551 g/mol. The number of amidine groups is 1. The number of nitriles is 2. The van der Waals surface area contributed by atoms with Crippen LogP contribution in [0.15, 0.2) is 46.6 Å². The Hall–Kier alpha value is -3.52. The van der Waals surface area contributed by atoms with Gasteiger partial charge < -0.3 is 15.0 Å². The normalized spacial score (nSPS) is 11.0. The molecule has 0 aliphatic rings. The summed E-state index contributed by atoms with van der Waals surface area (Å²) in [5.41, 5.74) is 1.55. The largest absolute Gasteiger partial charge is 0.484 e. The van der Waals surface area contributed by atoms with Crippen molar-refractivity contribution < 1.29 is 22.3 Å². The average Bonchev–Trinajstić information content (AvgIpc) is 2.87. The summed E-state index contributed by atoms with van der Waals surface area (Å²) in [5.74, 6) is 0.634. The number of hydrogen-bond donors (Lipinski definition) is 1. The van der Waals surface area contributed by atoms with E-state index < -0.39 is 19.4 Å². The zero-order valence-corrected chi connectivity index (χ0v) is 22.3. The number of hydrogen-bond acceptors (Lipinski definition) is 8. The highest BCUT2D eigenvalue weighted by atomic mass is 35.5. The van der Waals surface area contributed by atoms with Gasteiger partial charge in [0.2, 0.25) is 12.4 Å². The van der Waals surface area contributed by atoms with E-state index in [2.05, 4.69) is 30.0 Å². The Morgan fingerprint density at radius 1 is 0.974 bits per heavy atom. The van der Waals surface area contributed by atoms with Crippen LogP contribution in [0.5, 0.6) is 0 Å². The van der Waals surface area contributed by atoms with Crippen molar-refractivity contribution in [1.82, 2.24) is 20.2 Å². The van der Waals surface area contributed by atoms with Crippen molar-refractivity contribution in [1.29, 1.82) is 10.5 Å². The number of ether oxygens (including phenoxy) is 1. The van der Waals surface area contributed by atoms with Gasteiger partial charge in [-0.05, 0) is 30.2 Å². The summed E-state index contributed by atoms with van der Waals surface area (Å²) >= 11 is 11.2. The van der Waals surface area contributed by atoms with Crippen LogP contribution < -0.4 is 5.32 Å². The SMILES string of the molecule is CC(=NC#N)N(Cc1ccc(Cl)nc1)CC(F)F.COC(C)=NC#N.FC(F)CNCc1ccc(Cl)nc1. The van der Waals surface area contributed by atoms with Gasteiger partial charge in [-0.3, -0.25) is 0 Å². The summed E-state index contributed by atoms with van der Waals surface area (Å²) in [4.78, 5) is 15.7. The second-order valence-corrected chi connectivity index (χ2v) is 7.74. The topological polar surface area (TPSA) is 123 Å². The number of nitrogens with zero attached hydrogens (tertiary/aromatic N) is 7. The molecule has 0 saturated heterocycles. The third-order valence-corrected chi connectivity index (χ3v) is 4.56. The molecule has 2 heterocycles. The Bertz CT molecular complexity index is 1070. The van der Waals surface area contributed by atoms with E-state index in [0.29, 0.717) is 28.3 Å². The summed E-state index contributed by atoms with van der Waals surface area (Å²) in [6, 6.07) is 6.64. The summed E-state index contributed by atoms with van der Waals surface area (Å²) < 4.78 is 52.8. The molecule has 0 saturated carbocycles. The molecule has 0 fully saturated rings. The molecule has 0 atom stereocenters. The van der Waals surface area contributed by atoms with Crippen molar-refractivity contribution in [2.45, 2.75) is 39.8 Å². The van der Waals surface area contributed by atoms with Crippen LogP contribution >= 0.6 is 23.2 Å². The number of nitrogens with one attached hydrogen (secondary N) is 1. The Morgan fingerprint density at radius 3 is 1.92 bits per heavy atom. The number of alkyl halides is 4. The van der Waals surface area contributed by atoms with Crippen molar-refractivity contribution in [3.05, 3.63) is 58.1 Å². The number of pyridine rings is 2. The van der Waals surface area contributed by atoms with E-state index in [1.807, 2.05) is 0 Å². The lowest BCUT2D eigenvalue weighted by molar-refractivity contribution is 0.113. The lowest BCUT2D eigenvalue weighted by Gasteiger charge is -2.22. The number of rotatable bonds is 8. The monoisotopic (exact) mass is 576 g/mol. The van der Waals surface area contributed by atoms with Crippen LogP contribution in [-0.2, 0) is 17.8 Å². The maximum absolute atomic E-state index is 12.4. The zero-order valence-electron chi connectivity index (χ0n) is 20.8. The van der Waals surface area contributed by atoms with Crippen molar-refractivity contribution in [2.75, 3.05) is 20.2 Å². The molecular formula is C23H26Cl2F4N8O. The van der Waals surface area contributed by atoms with Gasteiger partial charge in [0, 0.05) is 32.4 Å². The molecule has 0 spiro atoms. The van der Waals surface area contributed by atoms with Gasteiger partial charge in [0.25, 0.3) is 12.9 Å². The van der Waals surface area contributed by atoms with Crippen LogP contribution in [0.1, 0.15) is 25.0 Å². The lowest BCUT2D eigenvalue weighted by atomic mass is 10.2. The third-order valence-electron chi connectivity index (χ3n) is 4.11. The predicted octanol–water partition coefficient (Wildman–Crippen LogP) is 5.32. The maximum Gasteiger partial charge on any atom is 0.255 e. The smallest absolute Gasteiger partial charge is 0.255 e. The van der Waals surface area contributed by atoms with Crippen molar-refractivity contribution in [3.8, 4) is 12.4 Å². The molecule has 0 unspecified atom stereocenters. The van der Waals surface area contributed by atoms with Gasteiger partial charge in [0.1, 0.15) is 16.1 Å². The highest BCUT2D eigenvalue weighted by molar-refractivity contribution is 6.29. The van der Waals surface area contributed by atoms with E-state index >= 15 is 0 Å². The molecule has 0 radical (unpaired) electrons. The van der Waals surface area contributed by atoms with Gasteiger partial charge in [0.05, 0.1) is 20.2 Å². The van der Waals surface area contributed by atoms with Crippen LogP contribution in [0.4, 0.5) is 17.6 Å². The summed E-state index contributed by atoms with van der Waals surface area (Å²) in [5, 5.41) is 19.6.